The van der Waals surface area contributed by atoms with Crippen molar-refractivity contribution in [1.29, 1.82) is 0 Å². The topological polar surface area (TPSA) is 132 Å². The van der Waals surface area contributed by atoms with Crippen molar-refractivity contribution in [2.75, 3.05) is 5.32 Å². The molecule has 30 heavy (non-hydrogen) atoms. The van der Waals surface area contributed by atoms with E-state index in [9.17, 15) is 18.0 Å². The van der Waals surface area contributed by atoms with Gasteiger partial charge in [-0.1, -0.05) is 12.1 Å². The highest BCUT2D eigenvalue weighted by Crippen LogP contribution is 2.23. The number of anilines is 1. The normalized spacial score (nSPS) is 17.7. The van der Waals surface area contributed by atoms with Crippen molar-refractivity contribution < 1.29 is 22.7 Å². The first-order chi connectivity index (χ1) is 14.0. The van der Waals surface area contributed by atoms with Gasteiger partial charge in [0, 0.05) is 12.6 Å². The molecule has 10 nitrogen and oxygen atoms in total. The molecule has 3 rings (SSSR count). The molecule has 0 fully saturated rings. The second kappa shape index (κ2) is 7.90. The maximum atomic E-state index is 12.4. The van der Waals surface area contributed by atoms with Crippen molar-refractivity contribution in [3.63, 3.8) is 0 Å². The maximum absolute atomic E-state index is 12.4. The first-order valence-electron chi connectivity index (χ1n) is 9.23. The molecule has 2 aromatic rings. The minimum atomic E-state index is -3.71. The van der Waals surface area contributed by atoms with Crippen LogP contribution in [0.4, 0.5) is 5.69 Å². The Balaban J connectivity index is 1.68. The van der Waals surface area contributed by atoms with E-state index >= 15 is 0 Å². The SMILES string of the molecule is Cc1nn(C)c(C)c1NC(=O)C(C)OC(=O)[C@H](C)N=C1NS(=O)(=O)c2ccccc21. The Hall–Kier alpha value is -3.21. The van der Waals surface area contributed by atoms with E-state index in [-0.39, 0.29) is 10.7 Å². The number of aliphatic imine (C=N–C) groups is 1. The fourth-order valence-corrected chi connectivity index (χ4v) is 4.22. The van der Waals surface area contributed by atoms with Crippen LogP contribution >= 0.6 is 0 Å². The van der Waals surface area contributed by atoms with Crippen molar-refractivity contribution >= 4 is 33.4 Å². The Morgan fingerprint density at radius 3 is 2.53 bits per heavy atom. The largest absolute Gasteiger partial charge is 0.451 e. The van der Waals surface area contributed by atoms with E-state index in [2.05, 4.69) is 20.1 Å². The predicted molar refractivity (Wildman–Crippen MR) is 110 cm³/mol. The molecule has 0 spiro atoms. The van der Waals surface area contributed by atoms with E-state index in [1.807, 2.05) is 6.92 Å². The number of aryl methyl sites for hydroxylation is 2. The van der Waals surface area contributed by atoms with Gasteiger partial charge in [0.15, 0.2) is 6.10 Å². The molecule has 2 atom stereocenters. The molecule has 1 aromatic carbocycles. The number of benzene rings is 1. The zero-order chi connectivity index (χ0) is 22.2. The lowest BCUT2D eigenvalue weighted by Crippen LogP contribution is -2.34. The first-order valence-corrected chi connectivity index (χ1v) is 10.7. The molecule has 160 valence electrons. The molecule has 0 saturated heterocycles. The molecule has 0 aliphatic carbocycles. The summed E-state index contributed by atoms with van der Waals surface area (Å²) in [5.41, 5.74) is 2.36. The van der Waals surface area contributed by atoms with Gasteiger partial charge in [-0.05, 0) is 39.8 Å². The molecule has 1 amide bonds. The molecule has 1 aromatic heterocycles. The van der Waals surface area contributed by atoms with Gasteiger partial charge in [-0.2, -0.15) is 5.10 Å². The molecule has 2 heterocycles. The number of ether oxygens (including phenoxy) is 1. The highest BCUT2D eigenvalue weighted by Gasteiger charge is 2.32. The standard InChI is InChI=1S/C19H23N5O5S/c1-10-16(12(3)24(5)22-10)21-18(25)13(4)29-19(26)11(2)20-17-14-8-6-7-9-15(14)30(27,28)23-17/h6-9,11,13H,1-5H3,(H,20,23)(H,21,25)/t11-,13?/m0/s1. The molecule has 11 heteroatoms. The predicted octanol–water partition coefficient (Wildman–Crippen LogP) is 1.03. The smallest absolute Gasteiger partial charge is 0.331 e. The van der Waals surface area contributed by atoms with Gasteiger partial charge < -0.3 is 10.1 Å². The molecule has 0 bridgehead atoms. The van der Waals surface area contributed by atoms with Crippen LogP contribution in [0.2, 0.25) is 0 Å². The van der Waals surface area contributed by atoms with E-state index in [4.69, 9.17) is 4.74 Å². The lowest BCUT2D eigenvalue weighted by atomic mass is 10.2. The Bertz CT molecular complexity index is 1150. The number of carbonyl (C=O) groups excluding carboxylic acids is 2. The quantitative estimate of drug-likeness (QED) is 0.677. The number of amidine groups is 1. The highest BCUT2D eigenvalue weighted by atomic mass is 32.2. The highest BCUT2D eigenvalue weighted by molar-refractivity contribution is 7.90. The zero-order valence-electron chi connectivity index (χ0n) is 17.3. The summed E-state index contributed by atoms with van der Waals surface area (Å²) in [4.78, 5) is 29.1. The summed E-state index contributed by atoms with van der Waals surface area (Å²) in [6, 6.07) is 5.31. The number of hydrogen-bond donors (Lipinski definition) is 2. The van der Waals surface area contributed by atoms with Gasteiger partial charge in [0.1, 0.15) is 11.9 Å². The minimum absolute atomic E-state index is 0.0637. The number of nitrogens with one attached hydrogen (secondary N) is 2. The summed E-state index contributed by atoms with van der Waals surface area (Å²) in [5, 5.41) is 6.93. The van der Waals surface area contributed by atoms with Gasteiger partial charge in [-0.15, -0.1) is 0 Å². The number of esters is 1. The summed E-state index contributed by atoms with van der Waals surface area (Å²) in [7, 11) is -1.95. The van der Waals surface area contributed by atoms with Gasteiger partial charge in [0.25, 0.3) is 15.9 Å². The van der Waals surface area contributed by atoms with Crippen LogP contribution in [0.1, 0.15) is 30.8 Å². The number of carbonyl (C=O) groups is 2. The summed E-state index contributed by atoms with van der Waals surface area (Å²) < 4.78 is 33.5. The second-order valence-corrected chi connectivity index (χ2v) is 8.64. The molecule has 0 radical (unpaired) electrons. The average Bonchev–Trinajstić information content (AvgIpc) is 3.08. The Kier molecular flexibility index (Phi) is 5.66. The first kappa shape index (κ1) is 21.5. The van der Waals surface area contributed by atoms with Crippen molar-refractivity contribution in [3.8, 4) is 0 Å². The maximum Gasteiger partial charge on any atom is 0.331 e. The van der Waals surface area contributed by atoms with Gasteiger partial charge >= 0.3 is 5.97 Å². The van der Waals surface area contributed by atoms with Crippen LogP contribution in [0.3, 0.4) is 0 Å². The van der Waals surface area contributed by atoms with E-state index in [0.717, 1.165) is 5.69 Å². The molecule has 2 N–H and O–H groups in total. The fourth-order valence-electron chi connectivity index (χ4n) is 2.98. The second-order valence-electron chi connectivity index (χ2n) is 6.99. The average molecular weight is 433 g/mol. The van der Waals surface area contributed by atoms with Crippen LogP contribution in [0.15, 0.2) is 34.2 Å². The number of hydrogen-bond acceptors (Lipinski definition) is 7. The van der Waals surface area contributed by atoms with Crippen LogP contribution in [0, 0.1) is 13.8 Å². The number of amides is 1. The van der Waals surface area contributed by atoms with Gasteiger partial charge in [-0.3, -0.25) is 19.2 Å². The lowest BCUT2D eigenvalue weighted by Gasteiger charge is -2.15. The van der Waals surface area contributed by atoms with Crippen molar-refractivity contribution in [1.82, 2.24) is 14.5 Å². The molecule has 1 aliphatic heterocycles. The monoisotopic (exact) mass is 433 g/mol. The molecule has 1 unspecified atom stereocenters. The van der Waals surface area contributed by atoms with E-state index < -0.39 is 34.0 Å². The third-order valence-electron chi connectivity index (χ3n) is 4.75. The Labute approximate surface area is 174 Å². The number of nitrogens with zero attached hydrogens (tertiary/aromatic N) is 3. The minimum Gasteiger partial charge on any atom is -0.451 e. The van der Waals surface area contributed by atoms with Gasteiger partial charge in [0.2, 0.25) is 0 Å². The zero-order valence-corrected chi connectivity index (χ0v) is 18.1. The van der Waals surface area contributed by atoms with Crippen LogP contribution in [-0.2, 0) is 31.4 Å². The van der Waals surface area contributed by atoms with E-state index in [1.54, 1.807) is 36.9 Å². The summed E-state index contributed by atoms with van der Waals surface area (Å²) >= 11 is 0. The van der Waals surface area contributed by atoms with Crippen LogP contribution in [0.25, 0.3) is 0 Å². The Morgan fingerprint density at radius 2 is 1.90 bits per heavy atom. The number of sulfonamides is 1. The number of fused-ring (bicyclic) bond motifs is 1. The van der Waals surface area contributed by atoms with Gasteiger partial charge in [0.05, 0.1) is 22.0 Å². The molecular formula is C19H23N5O5S. The lowest BCUT2D eigenvalue weighted by molar-refractivity contribution is -0.153. The summed E-state index contributed by atoms with van der Waals surface area (Å²) in [6.45, 7) is 6.48. The third-order valence-corrected chi connectivity index (χ3v) is 6.14. The van der Waals surface area contributed by atoms with Crippen molar-refractivity contribution in [3.05, 3.63) is 41.2 Å². The number of rotatable bonds is 5. The van der Waals surface area contributed by atoms with Crippen LogP contribution in [-0.4, -0.2) is 48.1 Å². The summed E-state index contributed by atoms with van der Waals surface area (Å²) in [5.74, 6) is -1.20. The third kappa shape index (κ3) is 4.06. The molecule has 1 aliphatic rings. The number of aromatic nitrogens is 2. The van der Waals surface area contributed by atoms with Crippen molar-refractivity contribution in [2.45, 2.75) is 44.7 Å². The summed E-state index contributed by atoms with van der Waals surface area (Å²) in [6.07, 6.45) is -1.08. The van der Waals surface area contributed by atoms with E-state index in [0.29, 0.717) is 16.9 Å². The Morgan fingerprint density at radius 1 is 1.23 bits per heavy atom. The molecule has 0 saturated carbocycles. The van der Waals surface area contributed by atoms with E-state index in [1.165, 1.54) is 19.9 Å². The fraction of sp³-hybridized carbons (Fsp3) is 0.368. The van der Waals surface area contributed by atoms with Crippen molar-refractivity contribution in [2.24, 2.45) is 12.0 Å². The molecular weight excluding hydrogens is 410 g/mol. The van der Waals surface area contributed by atoms with Gasteiger partial charge in [-0.25, -0.2) is 13.2 Å². The van der Waals surface area contributed by atoms with Crippen LogP contribution < -0.4 is 10.0 Å². The van der Waals surface area contributed by atoms with Crippen LogP contribution in [0.5, 0.6) is 0 Å².